The van der Waals surface area contributed by atoms with Crippen LogP contribution in [0.25, 0.3) is 22.4 Å². The Morgan fingerprint density at radius 3 is 2.46 bits per heavy atom. The zero-order valence-corrected chi connectivity index (χ0v) is 15.1. The van der Waals surface area contributed by atoms with Crippen LogP contribution in [0.2, 0.25) is 0 Å². The van der Waals surface area contributed by atoms with Crippen molar-refractivity contribution in [3.8, 4) is 28.1 Å². The van der Waals surface area contributed by atoms with Crippen LogP contribution in [0.5, 0.6) is 5.75 Å². The summed E-state index contributed by atoms with van der Waals surface area (Å²) in [6, 6.07) is 14.5. The Kier molecular flexibility index (Phi) is 4.82. The number of benzene rings is 1. The van der Waals surface area contributed by atoms with Crippen molar-refractivity contribution >= 4 is 5.69 Å². The van der Waals surface area contributed by atoms with Gasteiger partial charge in [0.05, 0.1) is 18.5 Å². The van der Waals surface area contributed by atoms with Crippen molar-refractivity contribution in [2.24, 2.45) is 0 Å². The maximum atomic E-state index is 5.66. The molecule has 4 heteroatoms. The predicted octanol–water partition coefficient (Wildman–Crippen LogP) is 4.81. The first-order chi connectivity index (χ1) is 12.9. The molecule has 2 aromatic heterocycles. The molecule has 132 valence electrons. The van der Waals surface area contributed by atoms with Gasteiger partial charge >= 0.3 is 0 Å². The summed E-state index contributed by atoms with van der Waals surface area (Å²) >= 11 is 0. The zero-order chi connectivity index (χ0) is 17.8. The van der Waals surface area contributed by atoms with Crippen molar-refractivity contribution in [3.63, 3.8) is 0 Å². The smallest absolute Gasteiger partial charge is 0.128 e. The minimum atomic E-state index is 0.847. The van der Waals surface area contributed by atoms with Crippen molar-refractivity contribution in [3.05, 3.63) is 61.1 Å². The molecule has 1 aliphatic heterocycles. The van der Waals surface area contributed by atoms with E-state index in [0.29, 0.717) is 0 Å². The number of piperidine rings is 1. The number of anilines is 1. The predicted molar refractivity (Wildman–Crippen MR) is 106 cm³/mol. The average Bonchev–Trinajstić information content (AvgIpc) is 2.74. The molecule has 0 unspecified atom stereocenters. The van der Waals surface area contributed by atoms with Crippen LogP contribution in [0.3, 0.4) is 0 Å². The number of pyridine rings is 2. The zero-order valence-electron chi connectivity index (χ0n) is 15.1. The highest BCUT2D eigenvalue weighted by atomic mass is 16.5. The van der Waals surface area contributed by atoms with Crippen LogP contribution in [-0.2, 0) is 0 Å². The molecule has 0 bridgehead atoms. The number of rotatable bonds is 4. The third-order valence-corrected chi connectivity index (χ3v) is 4.95. The highest BCUT2D eigenvalue weighted by Gasteiger charge is 2.19. The first kappa shape index (κ1) is 16.6. The molecule has 0 amide bonds. The lowest BCUT2D eigenvalue weighted by atomic mass is 9.99. The van der Waals surface area contributed by atoms with Gasteiger partial charge in [0.2, 0.25) is 0 Å². The number of ether oxygens (including phenoxy) is 1. The minimum Gasteiger partial charge on any atom is -0.496 e. The lowest BCUT2D eigenvalue weighted by Crippen LogP contribution is -2.30. The summed E-state index contributed by atoms with van der Waals surface area (Å²) in [5.74, 6) is 0.847. The third-order valence-electron chi connectivity index (χ3n) is 4.95. The Morgan fingerprint density at radius 1 is 0.885 bits per heavy atom. The van der Waals surface area contributed by atoms with E-state index in [0.717, 1.165) is 41.2 Å². The van der Waals surface area contributed by atoms with Crippen molar-refractivity contribution in [1.82, 2.24) is 9.97 Å². The molecule has 0 atom stereocenters. The van der Waals surface area contributed by atoms with Gasteiger partial charge < -0.3 is 9.64 Å². The Morgan fingerprint density at radius 2 is 1.69 bits per heavy atom. The van der Waals surface area contributed by atoms with Crippen LogP contribution in [0, 0.1) is 0 Å². The molecule has 26 heavy (non-hydrogen) atoms. The van der Waals surface area contributed by atoms with E-state index in [-0.39, 0.29) is 0 Å². The summed E-state index contributed by atoms with van der Waals surface area (Å²) in [6.45, 7) is 2.18. The second kappa shape index (κ2) is 7.56. The fourth-order valence-electron chi connectivity index (χ4n) is 3.61. The summed E-state index contributed by atoms with van der Waals surface area (Å²) < 4.78 is 5.66. The summed E-state index contributed by atoms with van der Waals surface area (Å²) in [5, 5.41) is 0. The van der Waals surface area contributed by atoms with E-state index in [9.17, 15) is 0 Å². The molecule has 3 aromatic rings. The monoisotopic (exact) mass is 345 g/mol. The molecule has 1 aromatic carbocycles. The van der Waals surface area contributed by atoms with E-state index in [4.69, 9.17) is 9.72 Å². The van der Waals surface area contributed by atoms with Gasteiger partial charge in [0, 0.05) is 37.2 Å². The quantitative estimate of drug-likeness (QED) is 0.680. The standard InChI is InChI=1S/C22H23N3O/c1-26-21-8-7-18(17-9-12-23-13-10-17)16-19(21)22-20(6-5-11-24-22)25-14-3-2-4-15-25/h5-13,16H,2-4,14-15H2,1H3. The Balaban J connectivity index is 1.82. The Bertz CT molecular complexity index is 874. The molecule has 1 saturated heterocycles. The molecular weight excluding hydrogens is 322 g/mol. The molecular formula is C22H23N3O. The normalized spacial score (nSPS) is 14.3. The highest BCUT2D eigenvalue weighted by molar-refractivity contribution is 5.83. The van der Waals surface area contributed by atoms with E-state index < -0.39 is 0 Å². The summed E-state index contributed by atoms with van der Waals surface area (Å²) in [4.78, 5) is 11.3. The van der Waals surface area contributed by atoms with Crippen molar-refractivity contribution < 1.29 is 4.74 Å². The molecule has 0 saturated carbocycles. The highest BCUT2D eigenvalue weighted by Crippen LogP contribution is 2.38. The van der Waals surface area contributed by atoms with Crippen molar-refractivity contribution in [2.45, 2.75) is 19.3 Å². The van der Waals surface area contributed by atoms with Gasteiger partial charge in [-0.15, -0.1) is 0 Å². The molecule has 0 aliphatic carbocycles. The van der Waals surface area contributed by atoms with E-state index in [1.807, 2.05) is 42.9 Å². The third kappa shape index (κ3) is 3.27. The number of aromatic nitrogens is 2. The second-order valence-electron chi connectivity index (χ2n) is 6.57. The van der Waals surface area contributed by atoms with E-state index in [2.05, 4.69) is 28.1 Å². The summed E-state index contributed by atoms with van der Waals surface area (Å²) in [6.07, 6.45) is 9.29. The average molecular weight is 345 g/mol. The van der Waals surface area contributed by atoms with Crippen LogP contribution in [0.15, 0.2) is 61.1 Å². The number of nitrogens with zero attached hydrogens (tertiary/aromatic N) is 3. The molecule has 4 rings (SSSR count). The molecule has 4 nitrogen and oxygen atoms in total. The van der Waals surface area contributed by atoms with E-state index in [1.54, 1.807) is 7.11 Å². The number of hydrogen-bond donors (Lipinski definition) is 0. The molecule has 1 aliphatic rings. The summed E-state index contributed by atoms with van der Waals surface area (Å²) in [7, 11) is 1.72. The van der Waals surface area contributed by atoms with Gasteiger partial charge in [0.1, 0.15) is 5.75 Å². The van der Waals surface area contributed by atoms with Crippen molar-refractivity contribution in [2.75, 3.05) is 25.1 Å². The largest absolute Gasteiger partial charge is 0.496 e. The molecule has 3 heterocycles. The van der Waals surface area contributed by atoms with Gasteiger partial charge in [-0.3, -0.25) is 9.97 Å². The first-order valence-corrected chi connectivity index (χ1v) is 9.15. The van der Waals surface area contributed by atoms with Gasteiger partial charge in [-0.1, -0.05) is 6.07 Å². The van der Waals surface area contributed by atoms with Crippen LogP contribution < -0.4 is 9.64 Å². The van der Waals surface area contributed by atoms with Crippen LogP contribution in [0.4, 0.5) is 5.69 Å². The fourth-order valence-corrected chi connectivity index (χ4v) is 3.61. The minimum absolute atomic E-state index is 0.847. The Labute approximate surface area is 154 Å². The maximum absolute atomic E-state index is 5.66. The number of hydrogen-bond acceptors (Lipinski definition) is 4. The van der Waals surface area contributed by atoms with Crippen LogP contribution >= 0.6 is 0 Å². The molecule has 0 radical (unpaired) electrons. The second-order valence-corrected chi connectivity index (χ2v) is 6.57. The Hall–Kier alpha value is -2.88. The lowest BCUT2D eigenvalue weighted by molar-refractivity contribution is 0.416. The summed E-state index contributed by atoms with van der Waals surface area (Å²) in [5.41, 5.74) is 5.49. The SMILES string of the molecule is COc1ccc(-c2ccncc2)cc1-c1ncccc1N1CCCCC1. The van der Waals surface area contributed by atoms with Gasteiger partial charge in [0.25, 0.3) is 0 Å². The van der Waals surface area contributed by atoms with Crippen molar-refractivity contribution in [1.29, 1.82) is 0 Å². The van der Waals surface area contributed by atoms with E-state index in [1.165, 1.54) is 24.9 Å². The van der Waals surface area contributed by atoms with Crippen LogP contribution in [-0.4, -0.2) is 30.2 Å². The van der Waals surface area contributed by atoms with E-state index >= 15 is 0 Å². The van der Waals surface area contributed by atoms with Gasteiger partial charge in [-0.25, -0.2) is 0 Å². The lowest BCUT2D eigenvalue weighted by Gasteiger charge is -2.30. The maximum Gasteiger partial charge on any atom is 0.128 e. The van der Waals surface area contributed by atoms with Gasteiger partial charge in [-0.2, -0.15) is 0 Å². The van der Waals surface area contributed by atoms with Gasteiger partial charge in [0.15, 0.2) is 0 Å². The fraction of sp³-hybridized carbons (Fsp3) is 0.273. The topological polar surface area (TPSA) is 38.3 Å². The van der Waals surface area contributed by atoms with Gasteiger partial charge in [-0.05, 0) is 66.8 Å². The molecule has 0 spiro atoms. The van der Waals surface area contributed by atoms with Crippen LogP contribution in [0.1, 0.15) is 19.3 Å². The molecule has 1 fully saturated rings. The molecule has 0 N–H and O–H groups in total. The number of methoxy groups -OCH3 is 1. The first-order valence-electron chi connectivity index (χ1n) is 9.15.